The van der Waals surface area contributed by atoms with Crippen molar-refractivity contribution < 1.29 is 14.6 Å². The molecule has 130 valence electrons. The largest absolute Gasteiger partial charge is 0.497 e. The van der Waals surface area contributed by atoms with Gasteiger partial charge in [0.15, 0.2) is 0 Å². The number of rotatable bonds is 6. The lowest BCUT2D eigenvalue weighted by atomic mass is 10.1. The molecule has 0 aliphatic heterocycles. The van der Waals surface area contributed by atoms with Crippen LogP contribution in [0.2, 0.25) is 5.02 Å². The Bertz CT molecular complexity index is 863. The highest BCUT2D eigenvalue weighted by molar-refractivity contribution is 6.31. The number of aliphatic hydroxyl groups is 1. The molecule has 0 bridgehead atoms. The molecule has 2 N–H and O–H groups in total. The van der Waals surface area contributed by atoms with Crippen LogP contribution >= 0.6 is 11.6 Å². The van der Waals surface area contributed by atoms with Crippen LogP contribution in [0.4, 0.5) is 5.69 Å². The Morgan fingerprint density at radius 3 is 2.48 bits per heavy atom. The van der Waals surface area contributed by atoms with E-state index in [9.17, 15) is 5.11 Å². The summed E-state index contributed by atoms with van der Waals surface area (Å²) in [6.45, 7) is 0.321. The van der Waals surface area contributed by atoms with Crippen molar-refractivity contribution in [3.05, 3.63) is 59.2 Å². The minimum atomic E-state index is -0.730. The normalized spacial score (nSPS) is 12.0. The summed E-state index contributed by atoms with van der Waals surface area (Å²) in [5.74, 6) is 1.27. The fourth-order valence-electron chi connectivity index (χ4n) is 2.62. The second kappa shape index (κ2) is 7.59. The second-order valence-corrected chi connectivity index (χ2v) is 6.00. The molecule has 5 nitrogen and oxygen atoms in total. The number of aromatic nitrogens is 1. The van der Waals surface area contributed by atoms with Crippen LogP contribution in [-0.2, 0) is 0 Å². The number of pyridine rings is 1. The Labute approximate surface area is 151 Å². The number of hydrogen-bond donors (Lipinski definition) is 2. The van der Waals surface area contributed by atoms with Gasteiger partial charge in [-0.25, -0.2) is 0 Å². The van der Waals surface area contributed by atoms with Crippen molar-refractivity contribution in [3.8, 4) is 11.5 Å². The maximum Gasteiger partial charge on any atom is 0.122 e. The lowest BCUT2D eigenvalue weighted by Crippen LogP contribution is -2.12. The molecular formula is C19H19ClN2O3. The van der Waals surface area contributed by atoms with E-state index in [1.165, 1.54) is 0 Å². The van der Waals surface area contributed by atoms with E-state index in [1.54, 1.807) is 44.7 Å². The number of aliphatic hydroxyl groups excluding tert-OH is 1. The van der Waals surface area contributed by atoms with E-state index in [1.807, 2.05) is 18.2 Å². The molecule has 0 amide bonds. The number of halogens is 1. The summed E-state index contributed by atoms with van der Waals surface area (Å²) in [5, 5.41) is 15.3. The molecule has 0 saturated heterocycles. The molecule has 0 aliphatic rings. The molecule has 3 aromatic rings. The molecule has 1 heterocycles. The van der Waals surface area contributed by atoms with E-state index in [0.717, 1.165) is 16.6 Å². The van der Waals surface area contributed by atoms with E-state index in [4.69, 9.17) is 21.1 Å². The highest BCUT2D eigenvalue weighted by atomic mass is 35.5. The van der Waals surface area contributed by atoms with Gasteiger partial charge in [-0.3, -0.25) is 4.98 Å². The van der Waals surface area contributed by atoms with E-state index in [2.05, 4.69) is 10.3 Å². The molecule has 0 fully saturated rings. The summed E-state index contributed by atoms with van der Waals surface area (Å²) in [4.78, 5) is 4.32. The maximum absolute atomic E-state index is 10.5. The zero-order chi connectivity index (χ0) is 17.8. The van der Waals surface area contributed by atoms with Gasteiger partial charge in [-0.05, 0) is 42.0 Å². The molecule has 0 aliphatic carbocycles. The zero-order valence-electron chi connectivity index (χ0n) is 14.0. The van der Waals surface area contributed by atoms with Crippen LogP contribution in [0.1, 0.15) is 11.7 Å². The monoisotopic (exact) mass is 358 g/mol. The lowest BCUT2D eigenvalue weighted by Gasteiger charge is -2.16. The molecule has 3 rings (SSSR count). The van der Waals surface area contributed by atoms with Gasteiger partial charge >= 0.3 is 0 Å². The number of nitrogens with zero attached hydrogens (tertiary/aromatic N) is 1. The van der Waals surface area contributed by atoms with Crippen molar-refractivity contribution in [2.24, 2.45) is 0 Å². The number of ether oxygens (including phenoxy) is 2. The summed E-state index contributed by atoms with van der Waals surface area (Å²) in [6, 6.07) is 12.7. The Hall–Kier alpha value is -2.50. The van der Waals surface area contributed by atoms with Gasteiger partial charge < -0.3 is 19.9 Å². The first-order chi connectivity index (χ1) is 12.1. The molecule has 0 spiro atoms. The predicted octanol–water partition coefficient (Wildman–Crippen LogP) is 4.05. The number of nitrogens with one attached hydrogen (secondary N) is 1. The lowest BCUT2D eigenvalue weighted by molar-refractivity contribution is 0.190. The molecule has 1 aromatic heterocycles. The summed E-state index contributed by atoms with van der Waals surface area (Å²) in [6.07, 6.45) is 0.992. The van der Waals surface area contributed by atoms with Gasteiger partial charge in [0.1, 0.15) is 11.5 Å². The number of hydrogen-bond acceptors (Lipinski definition) is 5. The van der Waals surface area contributed by atoms with Gasteiger partial charge in [0, 0.05) is 34.9 Å². The second-order valence-electron chi connectivity index (χ2n) is 5.56. The molecule has 2 aromatic carbocycles. The van der Waals surface area contributed by atoms with Gasteiger partial charge in [-0.2, -0.15) is 0 Å². The maximum atomic E-state index is 10.5. The first kappa shape index (κ1) is 17.3. The van der Waals surface area contributed by atoms with Crippen LogP contribution in [-0.4, -0.2) is 30.9 Å². The molecule has 25 heavy (non-hydrogen) atoms. The summed E-state index contributed by atoms with van der Waals surface area (Å²) in [5.41, 5.74) is 2.41. The van der Waals surface area contributed by atoms with Crippen LogP contribution in [0, 0.1) is 0 Å². The highest BCUT2D eigenvalue weighted by Gasteiger charge is 2.12. The Morgan fingerprint density at radius 2 is 1.80 bits per heavy atom. The molecule has 1 unspecified atom stereocenters. The SMILES string of the molecule is COc1cc(OC)cc(C(O)CNc2ccnc3ccc(Cl)cc23)c1. The first-order valence-electron chi connectivity index (χ1n) is 7.80. The van der Waals surface area contributed by atoms with Gasteiger partial charge in [-0.1, -0.05) is 11.6 Å². The van der Waals surface area contributed by atoms with Crippen LogP contribution in [0.5, 0.6) is 11.5 Å². The van der Waals surface area contributed by atoms with Crippen molar-refractivity contribution in [1.29, 1.82) is 0 Å². The van der Waals surface area contributed by atoms with Crippen LogP contribution in [0.25, 0.3) is 10.9 Å². The first-order valence-corrected chi connectivity index (χ1v) is 8.17. The van der Waals surface area contributed by atoms with Crippen LogP contribution in [0.15, 0.2) is 48.7 Å². The average molecular weight is 359 g/mol. The van der Waals surface area contributed by atoms with Crippen molar-refractivity contribution in [1.82, 2.24) is 4.98 Å². The number of fused-ring (bicyclic) bond motifs is 1. The summed E-state index contributed by atoms with van der Waals surface area (Å²) in [7, 11) is 3.16. The fraction of sp³-hybridized carbons (Fsp3) is 0.211. The highest BCUT2D eigenvalue weighted by Crippen LogP contribution is 2.28. The van der Waals surface area contributed by atoms with E-state index >= 15 is 0 Å². The summed E-state index contributed by atoms with van der Waals surface area (Å²) < 4.78 is 10.5. The molecule has 0 saturated carbocycles. The molecular weight excluding hydrogens is 340 g/mol. The number of anilines is 1. The number of methoxy groups -OCH3 is 2. The summed E-state index contributed by atoms with van der Waals surface area (Å²) >= 11 is 6.08. The van der Waals surface area contributed by atoms with Crippen molar-refractivity contribution in [3.63, 3.8) is 0 Å². The Kier molecular flexibility index (Phi) is 5.26. The average Bonchev–Trinajstić information content (AvgIpc) is 2.65. The topological polar surface area (TPSA) is 63.6 Å². The third-order valence-electron chi connectivity index (χ3n) is 3.95. The van der Waals surface area contributed by atoms with Crippen molar-refractivity contribution >= 4 is 28.2 Å². The van der Waals surface area contributed by atoms with Crippen LogP contribution < -0.4 is 14.8 Å². The fourth-order valence-corrected chi connectivity index (χ4v) is 2.79. The van der Waals surface area contributed by atoms with Gasteiger partial charge in [-0.15, -0.1) is 0 Å². The number of benzene rings is 2. The minimum Gasteiger partial charge on any atom is -0.497 e. The minimum absolute atomic E-state index is 0.321. The molecule has 1 atom stereocenters. The Morgan fingerprint density at radius 1 is 1.08 bits per heavy atom. The van der Waals surface area contributed by atoms with Crippen LogP contribution in [0.3, 0.4) is 0 Å². The van der Waals surface area contributed by atoms with Gasteiger partial charge in [0.05, 0.1) is 25.8 Å². The standard InChI is InChI=1S/C19H19ClN2O3/c1-24-14-7-12(8-15(10-14)25-2)19(23)11-22-18-5-6-21-17-4-3-13(20)9-16(17)18/h3-10,19,23H,11H2,1-2H3,(H,21,22). The third-order valence-corrected chi connectivity index (χ3v) is 4.18. The zero-order valence-corrected chi connectivity index (χ0v) is 14.7. The third kappa shape index (κ3) is 3.95. The quantitative estimate of drug-likeness (QED) is 0.696. The smallest absolute Gasteiger partial charge is 0.122 e. The van der Waals surface area contributed by atoms with Crippen molar-refractivity contribution in [2.45, 2.75) is 6.10 Å². The van der Waals surface area contributed by atoms with Gasteiger partial charge in [0.25, 0.3) is 0 Å². The van der Waals surface area contributed by atoms with Gasteiger partial charge in [0.2, 0.25) is 0 Å². The van der Waals surface area contributed by atoms with E-state index < -0.39 is 6.10 Å². The van der Waals surface area contributed by atoms with E-state index in [-0.39, 0.29) is 0 Å². The molecule has 0 radical (unpaired) electrons. The van der Waals surface area contributed by atoms with E-state index in [0.29, 0.717) is 28.6 Å². The molecule has 6 heteroatoms. The Balaban J connectivity index is 1.81. The van der Waals surface area contributed by atoms with Crippen molar-refractivity contribution in [2.75, 3.05) is 26.1 Å². The predicted molar refractivity (Wildman–Crippen MR) is 99.7 cm³/mol.